The molecule has 0 spiro atoms. The van der Waals surface area contributed by atoms with E-state index in [-0.39, 0.29) is 11.9 Å². The fourth-order valence-electron chi connectivity index (χ4n) is 2.64. The van der Waals surface area contributed by atoms with Crippen LogP contribution in [0.15, 0.2) is 42.5 Å². The molecule has 4 nitrogen and oxygen atoms in total. The average molecular weight is 284 g/mol. The van der Waals surface area contributed by atoms with E-state index >= 15 is 0 Å². The summed E-state index contributed by atoms with van der Waals surface area (Å²) in [6, 6.07) is 14.0. The number of rotatable bonds is 3. The van der Waals surface area contributed by atoms with E-state index in [9.17, 15) is 4.79 Å². The predicted molar refractivity (Wildman–Crippen MR) is 84.4 cm³/mol. The summed E-state index contributed by atoms with van der Waals surface area (Å²) < 4.78 is 5.32. The van der Waals surface area contributed by atoms with Crippen LogP contribution in [0, 0.1) is 0 Å². The maximum atomic E-state index is 12.4. The van der Waals surface area contributed by atoms with Crippen molar-refractivity contribution in [1.29, 1.82) is 0 Å². The Labute approximate surface area is 124 Å². The summed E-state index contributed by atoms with van der Waals surface area (Å²) in [5, 5.41) is 5.32. The van der Waals surface area contributed by atoms with E-state index in [1.165, 1.54) is 5.39 Å². The summed E-state index contributed by atoms with van der Waals surface area (Å²) in [4.78, 5) is 14.5. The number of ether oxygens (including phenoxy) is 1. The van der Waals surface area contributed by atoms with Gasteiger partial charge in [-0.2, -0.15) is 0 Å². The number of carbonyl (C=O) groups is 1. The van der Waals surface area contributed by atoms with Crippen molar-refractivity contribution in [2.45, 2.75) is 13.0 Å². The van der Waals surface area contributed by atoms with Gasteiger partial charge in [-0.3, -0.25) is 9.69 Å². The molecule has 1 aliphatic heterocycles. The van der Waals surface area contributed by atoms with Crippen LogP contribution < -0.4 is 5.32 Å². The van der Waals surface area contributed by atoms with Crippen LogP contribution in [-0.2, 0) is 9.53 Å². The van der Waals surface area contributed by atoms with E-state index in [1.54, 1.807) is 0 Å². The zero-order valence-electron chi connectivity index (χ0n) is 12.2. The molecule has 1 saturated heterocycles. The molecular weight excluding hydrogens is 264 g/mol. The number of hydrogen-bond donors (Lipinski definition) is 1. The van der Waals surface area contributed by atoms with Gasteiger partial charge in [-0.1, -0.05) is 30.3 Å². The van der Waals surface area contributed by atoms with Crippen LogP contribution in [0.2, 0.25) is 0 Å². The van der Waals surface area contributed by atoms with Gasteiger partial charge in [0.05, 0.1) is 19.3 Å². The second-order valence-corrected chi connectivity index (χ2v) is 5.38. The maximum absolute atomic E-state index is 12.4. The summed E-state index contributed by atoms with van der Waals surface area (Å²) in [6.07, 6.45) is 0. The van der Waals surface area contributed by atoms with Crippen LogP contribution in [0.1, 0.15) is 6.92 Å². The van der Waals surface area contributed by atoms with Crippen molar-refractivity contribution in [3.63, 3.8) is 0 Å². The number of hydrogen-bond acceptors (Lipinski definition) is 3. The lowest BCUT2D eigenvalue weighted by Crippen LogP contribution is -2.47. The second kappa shape index (κ2) is 6.24. The number of amides is 1. The van der Waals surface area contributed by atoms with Crippen LogP contribution >= 0.6 is 0 Å². The van der Waals surface area contributed by atoms with Crippen LogP contribution in [0.5, 0.6) is 0 Å². The highest BCUT2D eigenvalue weighted by Crippen LogP contribution is 2.19. The topological polar surface area (TPSA) is 41.6 Å². The summed E-state index contributed by atoms with van der Waals surface area (Å²) >= 11 is 0. The second-order valence-electron chi connectivity index (χ2n) is 5.38. The molecule has 2 aromatic rings. The average Bonchev–Trinajstić information content (AvgIpc) is 2.55. The molecular formula is C17H20N2O2. The Kier molecular flexibility index (Phi) is 4.18. The fourth-order valence-corrected chi connectivity index (χ4v) is 2.64. The molecule has 1 heterocycles. The van der Waals surface area contributed by atoms with Gasteiger partial charge in [-0.25, -0.2) is 0 Å². The Morgan fingerprint density at radius 1 is 1.14 bits per heavy atom. The smallest absolute Gasteiger partial charge is 0.241 e. The molecule has 0 saturated carbocycles. The lowest BCUT2D eigenvalue weighted by atomic mass is 10.1. The molecule has 1 amide bonds. The molecule has 0 aromatic heterocycles. The van der Waals surface area contributed by atoms with Gasteiger partial charge in [0.1, 0.15) is 0 Å². The monoisotopic (exact) mass is 284 g/mol. The zero-order valence-corrected chi connectivity index (χ0v) is 12.2. The molecule has 21 heavy (non-hydrogen) atoms. The molecule has 1 atom stereocenters. The number of fused-ring (bicyclic) bond motifs is 1. The van der Waals surface area contributed by atoms with Gasteiger partial charge in [0.2, 0.25) is 5.91 Å². The molecule has 0 aliphatic carbocycles. The zero-order chi connectivity index (χ0) is 14.7. The molecule has 1 fully saturated rings. The third kappa shape index (κ3) is 3.23. The first kappa shape index (κ1) is 14.0. The van der Waals surface area contributed by atoms with Gasteiger partial charge in [0, 0.05) is 18.8 Å². The molecule has 0 unspecified atom stereocenters. The van der Waals surface area contributed by atoms with Gasteiger partial charge in [-0.05, 0) is 29.8 Å². The first-order valence-corrected chi connectivity index (χ1v) is 7.35. The standard InChI is InChI=1S/C17H20N2O2/c1-13(19-8-10-21-11-9-19)17(20)18-16-7-6-14-4-2-3-5-15(14)12-16/h2-7,12-13H,8-11H2,1H3,(H,18,20)/t13-/m0/s1. The molecule has 0 bridgehead atoms. The maximum Gasteiger partial charge on any atom is 0.241 e. The minimum atomic E-state index is -0.139. The van der Waals surface area contributed by atoms with Crippen LogP contribution in [0.25, 0.3) is 10.8 Å². The van der Waals surface area contributed by atoms with E-state index in [1.807, 2.05) is 37.3 Å². The molecule has 1 aliphatic rings. The number of benzene rings is 2. The van der Waals surface area contributed by atoms with Gasteiger partial charge in [0.15, 0.2) is 0 Å². The summed E-state index contributed by atoms with van der Waals surface area (Å²) in [6.45, 7) is 4.97. The fraction of sp³-hybridized carbons (Fsp3) is 0.353. The lowest BCUT2D eigenvalue weighted by Gasteiger charge is -2.31. The summed E-state index contributed by atoms with van der Waals surface area (Å²) in [5.74, 6) is 0.0344. The van der Waals surface area contributed by atoms with Crippen molar-refractivity contribution in [1.82, 2.24) is 4.90 Å². The van der Waals surface area contributed by atoms with Gasteiger partial charge in [-0.15, -0.1) is 0 Å². The van der Waals surface area contributed by atoms with Crippen molar-refractivity contribution in [3.8, 4) is 0 Å². The first-order chi connectivity index (χ1) is 10.2. The van der Waals surface area contributed by atoms with Crippen molar-refractivity contribution < 1.29 is 9.53 Å². The molecule has 3 rings (SSSR count). The molecule has 4 heteroatoms. The van der Waals surface area contributed by atoms with E-state index in [0.29, 0.717) is 13.2 Å². The Hall–Kier alpha value is -1.91. The minimum absolute atomic E-state index is 0.0344. The molecule has 0 radical (unpaired) electrons. The number of morpholine rings is 1. The normalized spacial score (nSPS) is 17.6. The van der Waals surface area contributed by atoms with Crippen molar-refractivity contribution in [2.75, 3.05) is 31.6 Å². The highest BCUT2D eigenvalue weighted by molar-refractivity contribution is 5.97. The van der Waals surface area contributed by atoms with Crippen molar-refractivity contribution >= 4 is 22.4 Å². The number of nitrogens with one attached hydrogen (secondary N) is 1. The number of nitrogens with zero attached hydrogens (tertiary/aromatic N) is 1. The predicted octanol–water partition coefficient (Wildman–Crippen LogP) is 2.50. The lowest BCUT2D eigenvalue weighted by molar-refractivity contribution is -0.122. The van der Waals surface area contributed by atoms with E-state index in [0.717, 1.165) is 24.2 Å². The van der Waals surface area contributed by atoms with Gasteiger partial charge in [0.25, 0.3) is 0 Å². The minimum Gasteiger partial charge on any atom is -0.379 e. The molecule has 110 valence electrons. The Balaban J connectivity index is 1.70. The summed E-state index contributed by atoms with van der Waals surface area (Å²) in [5.41, 5.74) is 0.846. The van der Waals surface area contributed by atoms with E-state index in [4.69, 9.17) is 4.74 Å². The third-order valence-corrected chi connectivity index (χ3v) is 3.99. The van der Waals surface area contributed by atoms with Gasteiger partial charge >= 0.3 is 0 Å². The molecule has 2 aromatic carbocycles. The first-order valence-electron chi connectivity index (χ1n) is 7.35. The highest BCUT2D eigenvalue weighted by Gasteiger charge is 2.23. The highest BCUT2D eigenvalue weighted by atomic mass is 16.5. The number of carbonyl (C=O) groups excluding carboxylic acids is 1. The van der Waals surface area contributed by atoms with Crippen molar-refractivity contribution in [2.24, 2.45) is 0 Å². The molecule has 1 N–H and O–H groups in total. The van der Waals surface area contributed by atoms with E-state index in [2.05, 4.69) is 22.3 Å². The summed E-state index contributed by atoms with van der Waals surface area (Å²) in [7, 11) is 0. The Morgan fingerprint density at radius 2 is 1.86 bits per heavy atom. The van der Waals surface area contributed by atoms with Crippen LogP contribution in [-0.4, -0.2) is 43.2 Å². The SMILES string of the molecule is C[C@@H](C(=O)Nc1ccc2ccccc2c1)N1CCOCC1. The Bertz CT molecular complexity index is 635. The number of anilines is 1. The van der Waals surface area contributed by atoms with Crippen LogP contribution in [0.4, 0.5) is 5.69 Å². The largest absolute Gasteiger partial charge is 0.379 e. The quantitative estimate of drug-likeness (QED) is 0.941. The van der Waals surface area contributed by atoms with Crippen LogP contribution in [0.3, 0.4) is 0 Å². The third-order valence-electron chi connectivity index (χ3n) is 3.99. The van der Waals surface area contributed by atoms with Gasteiger partial charge < -0.3 is 10.1 Å². The van der Waals surface area contributed by atoms with Crippen molar-refractivity contribution in [3.05, 3.63) is 42.5 Å². The van der Waals surface area contributed by atoms with E-state index < -0.39 is 0 Å². The Morgan fingerprint density at radius 3 is 2.62 bits per heavy atom.